The molecule has 2 amide bonds. The molecule has 1 aromatic carbocycles. The maximum atomic E-state index is 11.9. The smallest absolute Gasteiger partial charge is 0.315 e. The van der Waals surface area contributed by atoms with E-state index in [1.165, 1.54) is 4.90 Å². The van der Waals surface area contributed by atoms with Gasteiger partial charge in [0.25, 0.3) is 0 Å². The lowest BCUT2D eigenvalue weighted by Crippen LogP contribution is -2.42. The molecule has 0 aliphatic rings. The quantitative estimate of drug-likeness (QED) is 0.564. The van der Waals surface area contributed by atoms with E-state index in [9.17, 15) is 4.79 Å². The van der Waals surface area contributed by atoms with Crippen LogP contribution in [0.3, 0.4) is 0 Å². The molecule has 0 aliphatic heterocycles. The van der Waals surface area contributed by atoms with E-state index < -0.39 is 0 Å². The lowest BCUT2D eigenvalue weighted by molar-refractivity contribution is 0.237. The van der Waals surface area contributed by atoms with Crippen molar-refractivity contribution < 1.29 is 9.32 Å². The highest BCUT2D eigenvalue weighted by Crippen LogP contribution is 2.17. The second-order valence-corrected chi connectivity index (χ2v) is 6.99. The Kier molecular flexibility index (Phi) is 7.18. The zero-order valence-corrected chi connectivity index (χ0v) is 15.3. The number of hydrogen-bond acceptors (Lipinski definition) is 4. The molecule has 2 N–H and O–H groups in total. The van der Waals surface area contributed by atoms with Crippen molar-refractivity contribution in [1.29, 1.82) is 0 Å². The van der Waals surface area contributed by atoms with Gasteiger partial charge in [-0.3, -0.25) is 0 Å². The van der Waals surface area contributed by atoms with Gasteiger partial charge in [-0.05, 0) is 51.5 Å². The summed E-state index contributed by atoms with van der Waals surface area (Å²) in [5.74, 6) is 1.80. The van der Waals surface area contributed by atoms with E-state index in [0.29, 0.717) is 6.54 Å². The van der Waals surface area contributed by atoms with Crippen molar-refractivity contribution in [3.05, 3.63) is 47.3 Å². The predicted octanol–water partition coefficient (Wildman–Crippen LogP) is 3.70. The Morgan fingerprint density at radius 1 is 1.29 bits per heavy atom. The van der Waals surface area contributed by atoms with Crippen molar-refractivity contribution in [2.45, 2.75) is 44.6 Å². The van der Waals surface area contributed by atoms with Gasteiger partial charge in [-0.1, -0.05) is 23.4 Å². The summed E-state index contributed by atoms with van der Waals surface area (Å²) in [6.07, 6.45) is 1.66. The molecular formula is C18H25N3O2S. The third kappa shape index (κ3) is 5.92. The number of rotatable bonds is 8. The van der Waals surface area contributed by atoms with Crippen molar-refractivity contribution >= 4 is 17.8 Å². The average Bonchev–Trinajstić information content (AvgIpc) is 2.87. The lowest BCUT2D eigenvalue weighted by atomic mass is 10.1. The van der Waals surface area contributed by atoms with E-state index in [-0.39, 0.29) is 12.1 Å². The Morgan fingerprint density at radius 3 is 2.71 bits per heavy atom. The fraction of sp³-hybridized carbons (Fsp3) is 0.444. The van der Waals surface area contributed by atoms with E-state index in [2.05, 4.69) is 27.9 Å². The number of carbonyl (C=O) groups is 1. The number of thioether (sulfide) groups is 1. The Labute approximate surface area is 147 Å². The summed E-state index contributed by atoms with van der Waals surface area (Å²) in [5.41, 5.74) is 1.96. The van der Waals surface area contributed by atoms with E-state index in [1.54, 1.807) is 11.8 Å². The van der Waals surface area contributed by atoms with Crippen LogP contribution in [0.25, 0.3) is 0 Å². The number of carbonyl (C=O) groups excluding carboxylic acids is 1. The van der Waals surface area contributed by atoms with Gasteiger partial charge < -0.3 is 15.2 Å². The molecule has 0 radical (unpaired) electrons. The third-order valence-electron chi connectivity index (χ3n) is 3.69. The first-order valence-corrected chi connectivity index (χ1v) is 9.18. The van der Waals surface area contributed by atoms with Crippen LogP contribution in [-0.4, -0.2) is 29.5 Å². The number of hydrogen-bond donors (Lipinski definition) is 2. The SMILES string of the molecule is Cc1noc(C)c1CC(C)NC(=O)NCCCSc1ccccc1. The molecule has 0 saturated carbocycles. The summed E-state index contributed by atoms with van der Waals surface area (Å²) >= 11 is 1.80. The maximum absolute atomic E-state index is 11.9. The Bertz CT molecular complexity index is 623. The van der Waals surface area contributed by atoms with Crippen LogP contribution in [0.1, 0.15) is 30.4 Å². The molecule has 130 valence electrons. The highest BCUT2D eigenvalue weighted by Gasteiger charge is 2.14. The minimum atomic E-state index is -0.126. The summed E-state index contributed by atoms with van der Waals surface area (Å²) in [4.78, 5) is 13.2. The van der Waals surface area contributed by atoms with Crippen LogP contribution < -0.4 is 10.6 Å². The van der Waals surface area contributed by atoms with Gasteiger partial charge >= 0.3 is 6.03 Å². The van der Waals surface area contributed by atoms with E-state index in [1.807, 2.05) is 39.0 Å². The van der Waals surface area contributed by atoms with Gasteiger partial charge in [-0.15, -0.1) is 11.8 Å². The summed E-state index contributed by atoms with van der Waals surface area (Å²) in [6, 6.07) is 10.2. The van der Waals surface area contributed by atoms with Crippen molar-refractivity contribution in [3.8, 4) is 0 Å². The number of nitrogens with one attached hydrogen (secondary N) is 2. The van der Waals surface area contributed by atoms with E-state index in [4.69, 9.17) is 4.52 Å². The van der Waals surface area contributed by atoms with Crippen molar-refractivity contribution in [1.82, 2.24) is 15.8 Å². The average molecular weight is 347 g/mol. The summed E-state index contributed by atoms with van der Waals surface area (Å²) < 4.78 is 5.15. The molecule has 5 nitrogen and oxygen atoms in total. The number of urea groups is 1. The zero-order valence-electron chi connectivity index (χ0n) is 14.5. The van der Waals surface area contributed by atoms with Crippen LogP contribution in [0, 0.1) is 13.8 Å². The van der Waals surface area contributed by atoms with Crippen LogP contribution in [0.5, 0.6) is 0 Å². The molecule has 0 spiro atoms. The van der Waals surface area contributed by atoms with Crippen LogP contribution >= 0.6 is 11.8 Å². The number of nitrogens with zero attached hydrogens (tertiary/aromatic N) is 1. The molecule has 1 atom stereocenters. The second kappa shape index (κ2) is 9.37. The standard InChI is InChI=1S/C18H25N3O2S/c1-13(12-17-14(2)21-23-15(17)3)20-18(22)19-10-7-11-24-16-8-5-4-6-9-16/h4-6,8-9,13H,7,10-12H2,1-3H3,(H2,19,20,22). The monoisotopic (exact) mass is 347 g/mol. The highest BCUT2D eigenvalue weighted by atomic mass is 32.2. The van der Waals surface area contributed by atoms with Crippen LogP contribution in [0.2, 0.25) is 0 Å². The molecule has 0 fully saturated rings. The predicted molar refractivity (Wildman–Crippen MR) is 97.5 cm³/mol. The topological polar surface area (TPSA) is 67.2 Å². The Balaban J connectivity index is 1.61. The third-order valence-corrected chi connectivity index (χ3v) is 4.79. The molecule has 24 heavy (non-hydrogen) atoms. The van der Waals surface area contributed by atoms with Gasteiger partial charge in [0.2, 0.25) is 0 Å². The van der Waals surface area contributed by atoms with Crippen molar-refractivity contribution in [2.24, 2.45) is 0 Å². The molecule has 6 heteroatoms. The van der Waals surface area contributed by atoms with E-state index in [0.717, 1.165) is 35.6 Å². The van der Waals surface area contributed by atoms with Crippen LogP contribution in [0.15, 0.2) is 39.8 Å². The first-order chi connectivity index (χ1) is 11.6. The van der Waals surface area contributed by atoms with Gasteiger partial charge in [-0.25, -0.2) is 4.79 Å². The first-order valence-electron chi connectivity index (χ1n) is 8.20. The van der Waals surface area contributed by atoms with E-state index >= 15 is 0 Å². The lowest BCUT2D eigenvalue weighted by Gasteiger charge is -2.14. The minimum absolute atomic E-state index is 0.0282. The van der Waals surface area contributed by atoms with Crippen molar-refractivity contribution in [3.63, 3.8) is 0 Å². The number of benzene rings is 1. The highest BCUT2D eigenvalue weighted by molar-refractivity contribution is 7.99. The normalized spacial score (nSPS) is 12.0. The van der Waals surface area contributed by atoms with Gasteiger partial charge in [-0.2, -0.15) is 0 Å². The zero-order chi connectivity index (χ0) is 17.4. The van der Waals surface area contributed by atoms with Gasteiger partial charge in [0.15, 0.2) is 0 Å². The summed E-state index contributed by atoms with van der Waals surface area (Å²) in [5, 5.41) is 9.80. The number of aromatic nitrogens is 1. The molecule has 0 bridgehead atoms. The summed E-state index contributed by atoms with van der Waals surface area (Å²) in [6.45, 7) is 6.47. The Hall–Kier alpha value is -1.95. The molecule has 2 aromatic rings. The largest absolute Gasteiger partial charge is 0.361 e. The maximum Gasteiger partial charge on any atom is 0.315 e. The molecule has 2 rings (SSSR count). The van der Waals surface area contributed by atoms with Gasteiger partial charge in [0, 0.05) is 23.0 Å². The Morgan fingerprint density at radius 2 is 2.04 bits per heavy atom. The van der Waals surface area contributed by atoms with Crippen LogP contribution in [-0.2, 0) is 6.42 Å². The number of aryl methyl sites for hydroxylation is 2. The van der Waals surface area contributed by atoms with Crippen molar-refractivity contribution in [2.75, 3.05) is 12.3 Å². The molecule has 0 aliphatic carbocycles. The molecule has 0 saturated heterocycles. The van der Waals surface area contributed by atoms with Gasteiger partial charge in [0.05, 0.1) is 5.69 Å². The number of amides is 2. The van der Waals surface area contributed by atoms with Gasteiger partial charge in [0.1, 0.15) is 5.76 Å². The fourth-order valence-corrected chi connectivity index (χ4v) is 3.28. The molecular weight excluding hydrogens is 322 g/mol. The molecule has 1 aromatic heterocycles. The molecule has 1 heterocycles. The summed E-state index contributed by atoms with van der Waals surface area (Å²) in [7, 11) is 0. The van der Waals surface area contributed by atoms with Crippen LogP contribution in [0.4, 0.5) is 4.79 Å². The first kappa shape index (κ1) is 18.4. The minimum Gasteiger partial charge on any atom is -0.361 e. The second-order valence-electron chi connectivity index (χ2n) is 5.82. The molecule has 1 unspecified atom stereocenters. The fourth-order valence-electron chi connectivity index (χ4n) is 2.41.